The van der Waals surface area contributed by atoms with Gasteiger partial charge in [0.2, 0.25) is 5.91 Å². The van der Waals surface area contributed by atoms with Crippen LogP contribution >= 0.6 is 0 Å². The average Bonchev–Trinajstić information content (AvgIpc) is 2.36. The SMILES string of the molecule is NC(=O)C[C@@H]1CCCCN1C(=O)c1cc(F)cc(F)c1. The molecule has 0 radical (unpaired) electrons. The summed E-state index contributed by atoms with van der Waals surface area (Å²) in [6, 6.07) is 2.43. The largest absolute Gasteiger partial charge is 0.370 e. The Morgan fingerprint density at radius 2 is 1.85 bits per heavy atom. The number of nitrogens with two attached hydrogens (primary N) is 1. The minimum Gasteiger partial charge on any atom is -0.370 e. The van der Waals surface area contributed by atoms with Crippen molar-refractivity contribution in [3.05, 3.63) is 35.4 Å². The van der Waals surface area contributed by atoms with Crippen LogP contribution in [0.1, 0.15) is 36.0 Å². The maximum atomic E-state index is 13.2. The summed E-state index contributed by atoms with van der Waals surface area (Å²) < 4.78 is 26.4. The van der Waals surface area contributed by atoms with Crippen LogP contribution in [0.4, 0.5) is 8.78 Å². The molecule has 1 aliphatic heterocycles. The number of benzene rings is 1. The van der Waals surface area contributed by atoms with Crippen LogP contribution in [0.5, 0.6) is 0 Å². The predicted octanol–water partition coefficient (Wildman–Crippen LogP) is 1.83. The standard InChI is InChI=1S/C14H16F2N2O2/c15-10-5-9(6-11(16)7-10)14(20)18-4-2-1-3-12(18)8-13(17)19/h5-7,12H,1-4,8H2,(H2,17,19)/t12-/m0/s1. The van der Waals surface area contributed by atoms with Crippen LogP contribution in [0.2, 0.25) is 0 Å². The summed E-state index contributed by atoms with van der Waals surface area (Å²) in [4.78, 5) is 24.9. The number of piperidine rings is 1. The van der Waals surface area contributed by atoms with Gasteiger partial charge in [-0.2, -0.15) is 0 Å². The van der Waals surface area contributed by atoms with E-state index in [4.69, 9.17) is 5.73 Å². The number of carbonyl (C=O) groups is 2. The molecule has 1 atom stereocenters. The number of amides is 2. The Bertz CT molecular complexity index is 514. The average molecular weight is 282 g/mol. The lowest BCUT2D eigenvalue weighted by atomic mass is 9.98. The van der Waals surface area contributed by atoms with Crippen molar-refractivity contribution in [2.24, 2.45) is 5.73 Å². The molecule has 0 saturated carbocycles. The molecule has 2 N–H and O–H groups in total. The molecule has 1 fully saturated rings. The third-order valence-electron chi connectivity index (χ3n) is 3.43. The maximum Gasteiger partial charge on any atom is 0.254 e. The first-order chi connectivity index (χ1) is 9.47. The molecule has 2 amide bonds. The first kappa shape index (κ1) is 14.4. The van der Waals surface area contributed by atoms with Crippen molar-refractivity contribution in [3.8, 4) is 0 Å². The van der Waals surface area contributed by atoms with Crippen LogP contribution in [0.3, 0.4) is 0 Å². The van der Waals surface area contributed by atoms with E-state index in [1.807, 2.05) is 0 Å². The smallest absolute Gasteiger partial charge is 0.254 e. The maximum absolute atomic E-state index is 13.2. The van der Waals surface area contributed by atoms with Gasteiger partial charge in [-0.3, -0.25) is 9.59 Å². The fraction of sp³-hybridized carbons (Fsp3) is 0.429. The molecule has 0 aromatic heterocycles. The van der Waals surface area contributed by atoms with Crippen molar-refractivity contribution >= 4 is 11.8 Å². The predicted molar refractivity (Wildman–Crippen MR) is 68.8 cm³/mol. The van der Waals surface area contributed by atoms with E-state index in [2.05, 4.69) is 0 Å². The van der Waals surface area contributed by atoms with Crippen molar-refractivity contribution in [2.75, 3.05) is 6.54 Å². The molecule has 6 heteroatoms. The monoisotopic (exact) mass is 282 g/mol. The van der Waals surface area contributed by atoms with Crippen molar-refractivity contribution in [1.29, 1.82) is 0 Å². The normalized spacial score (nSPS) is 18.9. The van der Waals surface area contributed by atoms with Crippen molar-refractivity contribution < 1.29 is 18.4 Å². The van der Waals surface area contributed by atoms with Gasteiger partial charge in [-0.1, -0.05) is 0 Å². The number of nitrogens with zero attached hydrogens (tertiary/aromatic N) is 1. The molecule has 1 aliphatic rings. The van der Waals surface area contributed by atoms with Crippen LogP contribution in [0.15, 0.2) is 18.2 Å². The second-order valence-corrected chi connectivity index (χ2v) is 4.98. The van der Waals surface area contributed by atoms with E-state index in [0.717, 1.165) is 25.0 Å². The summed E-state index contributed by atoms with van der Waals surface area (Å²) in [5, 5.41) is 0. The minimum absolute atomic E-state index is 0.0427. The Labute approximate surface area is 115 Å². The molecule has 4 nitrogen and oxygen atoms in total. The van der Waals surface area contributed by atoms with E-state index in [1.165, 1.54) is 4.90 Å². The van der Waals surface area contributed by atoms with Crippen LogP contribution in [-0.2, 0) is 4.79 Å². The first-order valence-electron chi connectivity index (χ1n) is 6.53. The molecule has 0 spiro atoms. The Balaban J connectivity index is 2.22. The molecule has 1 aromatic rings. The third kappa shape index (κ3) is 3.31. The minimum atomic E-state index is -0.795. The molecule has 0 unspecified atom stereocenters. The van der Waals surface area contributed by atoms with Gasteiger partial charge in [0.25, 0.3) is 5.91 Å². The first-order valence-corrected chi connectivity index (χ1v) is 6.53. The number of rotatable bonds is 3. The topological polar surface area (TPSA) is 63.4 Å². The fourth-order valence-electron chi connectivity index (χ4n) is 2.56. The highest BCUT2D eigenvalue weighted by atomic mass is 19.1. The van der Waals surface area contributed by atoms with Crippen molar-refractivity contribution in [1.82, 2.24) is 4.90 Å². The molecule has 2 rings (SSSR count). The number of carbonyl (C=O) groups excluding carboxylic acids is 2. The second-order valence-electron chi connectivity index (χ2n) is 4.98. The summed E-state index contributed by atoms with van der Waals surface area (Å²) in [5.41, 5.74) is 5.13. The highest BCUT2D eigenvalue weighted by molar-refractivity contribution is 5.94. The molecule has 0 aliphatic carbocycles. The van der Waals surface area contributed by atoms with Gasteiger partial charge in [0, 0.05) is 30.6 Å². The number of primary amides is 1. The molecular formula is C14H16F2N2O2. The zero-order valence-corrected chi connectivity index (χ0v) is 10.9. The van der Waals surface area contributed by atoms with Gasteiger partial charge in [0.05, 0.1) is 0 Å². The van der Waals surface area contributed by atoms with Crippen molar-refractivity contribution in [2.45, 2.75) is 31.7 Å². The summed E-state index contributed by atoms with van der Waals surface area (Å²) in [6.07, 6.45) is 2.45. The van der Waals surface area contributed by atoms with Gasteiger partial charge in [-0.25, -0.2) is 8.78 Å². The lowest BCUT2D eigenvalue weighted by Crippen LogP contribution is -2.45. The molecule has 1 saturated heterocycles. The highest BCUT2D eigenvalue weighted by Gasteiger charge is 2.29. The van der Waals surface area contributed by atoms with Crippen LogP contribution in [-0.4, -0.2) is 29.3 Å². The summed E-state index contributed by atoms with van der Waals surface area (Å²) in [7, 11) is 0. The van der Waals surface area contributed by atoms with Gasteiger partial charge in [0.15, 0.2) is 0 Å². The van der Waals surface area contributed by atoms with Gasteiger partial charge in [0.1, 0.15) is 11.6 Å². The molecular weight excluding hydrogens is 266 g/mol. The Hall–Kier alpha value is -1.98. The number of hydrogen-bond acceptors (Lipinski definition) is 2. The summed E-state index contributed by atoms with van der Waals surface area (Å²) in [6.45, 7) is 0.467. The van der Waals surface area contributed by atoms with E-state index in [0.29, 0.717) is 19.0 Å². The summed E-state index contributed by atoms with van der Waals surface area (Å²) >= 11 is 0. The Morgan fingerprint density at radius 3 is 2.45 bits per heavy atom. The van der Waals surface area contributed by atoms with E-state index >= 15 is 0 Å². The third-order valence-corrected chi connectivity index (χ3v) is 3.43. The van der Waals surface area contributed by atoms with Crippen LogP contribution in [0, 0.1) is 11.6 Å². The Morgan fingerprint density at radius 1 is 1.20 bits per heavy atom. The Kier molecular flexibility index (Phi) is 4.32. The van der Waals surface area contributed by atoms with E-state index < -0.39 is 23.4 Å². The molecule has 1 aromatic carbocycles. The van der Waals surface area contributed by atoms with E-state index in [1.54, 1.807) is 0 Å². The van der Waals surface area contributed by atoms with Crippen LogP contribution in [0.25, 0.3) is 0 Å². The van der Waals surface area contributed by atoms with E-state index in [9.17, 15) is 18.4 Å². The number of likely N-dealkylation sites (tertiary alicyclic amines) is 1. The molecule has 108 valence electrons. The quantitative estimate of drug-likeness (QED) is 0.919. The van der Waals surface area contributed by atoms with Gasteiger partial charge >= 0.3 is 0 Å². The number of hydrogen-bond donors (Lipinski definition) is 1. The molecule has 0 bridgehead atoms. The lowest BCUT2D eigenvalue weighted by molar-refractivity contribution is -0.119. The van der Waals surface area contributed by atoms with Crippen molar-refractivity contribution in [3.63, 3.8) is 0 Å². The zero-order chi connectivity index (χ0) is 14.7. The van der Waals surface area contributed by atoms with Crippen LogP contribution < -0.4 is 5.73 Å². The zero-order valence-electron chi connectivity index (χ0n) is 10.9. The molecule has 1 heterocycles. The fourth-order valence-corrected chi connectivity index (χ4v) is 2.56. The highest BCUT2D eigenvalue weighted by Crippen LogP contribution is 2.22. The van der Waals surface area contributed by atoms with Gasteiger partial charge in [-0.05, 0) is 31.4 Å². The lowest BCUT2D eigenvalue weighted by Gasteiger charge is -2.35. The van der Waals surface area contributed by atoms with Gasteiger partial charge in [-0.15, -0.1) is 0 Å². The van der Waals surface area contributed by atoms with Gasteiger partial charge < -0.3 is 10.6 Å². The molecule has 20 heavy (non-hydrogen) atoms. The summed E-state index contributed by atoms with van der Waals surface area (Å²) in [5.74, 6) is -2.54. The van der Waals surface area contributed by atoms with E-state index in [-0.39, 0.29) is 18.0 Å². The second kappa shape index (κ2) is 5.98. The number of halogens is 2.